The van der Waals surface area contributed by atoms with E-state index in [1.54, 1.807) is 0 Å². The molecule has 0 bridgehead atoms. The fraction of sp³-hybridized carbons (Fsp3) is 0.231. The van der Waals surface area contributed by atoms with Crippen LogP contribution in [0.25, 0.3) is 11.0 Å². The maximum Gasteiger partial charge on any atom is 0.251 e. The first-order chi connectivity index (χ1) is 15.2. The predicted molar refractivity (Wildman–Crippen MR) is 124 cm³/mol. The summed E-state index contributed by atoms with van der Waals surface area (Å²) in [6.07, 6.45) is 1.61. The summed E-state index contributed by atoms with van der Waals surface area (Å²) in [4.78, 5) is 17.0. The Morgan fingerprint density at radius 3 is 2.65 bits per heavy atom. The molecule has 0 aliphatic rings. The molecule has 0 saturated heterocycles. The molecule has 0 unspecified atom stereocenters. The number of aromatic nitrogens is 2. The SMILES string of the molecule is Cc1cccc(OCCn2c(CCCNC(=O)c3ccccc3)nc3ccccc32)c1. The Morgan fingerprint density at radius 1 is 1.00 bits per heavy atom. The molecule has 31 heavy (non-hydrogen) atoms. The number of rotatable bonds is 9. The van der Waals surface area contributed by atoms with Gasteiger partial charge in [0.25, 0.3) is 5.91 Å². The molecule has 0 aliphatic carbocycles. The van der Waals surface area contributed by atoms with Gasteiger partial charge in [-0.25, -0.2) is 4.98 Å². The summed E-state index contributed by atoms with van der Waals surface area (Å²) >= 11 is 0. The molecule has 0 saturated carbocycles. The van der Waals surface area contributed by atoms with Gasteiger partial charge in [-0.15, -0.1) is 0 Å². The van der Waals surface area contributed by atoms with Crippen molar-refractivity contribution in [2.45, 2.75) is 26.3 Å². The summed E-state index contributed by atoms with van der Waals surface area (Å²) in [7, 11) is 0. The average molecular weight is 414 g/mol. The first-order valence-electron chi connectivity index (χ1n) is 10.7. The van der Waals surface area contributed by atoms with Gasteiger partial charge in [0.2, 0.25) is 0 Å². The molecular weight excluding hydrogens is 386 g/mol. The molecule has 5 heteroatoms. The van der Waals surface area contributed by atoms with Crippen LogP contribution in [0.3, 0.4) is 0 Å². The maximum atomic E-state index is 12.2. The molecular formula is C26H27N3O2. The predicted octanol–water partition coefficient (Wildman–Crippen LogP) is 4.79. The van der Waals surface area contributed by atoms with Crippen molar-refractivity contribution in [2.75, 3.05) is 13.2 Å². The summed E-state index contributed by atoms with van der Waals surface area (Å²) in [5.41, 5.74) is 3.96. The molecule has 0 radical (unpaired) electrons. The van der Waals surface area contributed by atoms with Crippen molar-refractivity contribution in [3.63, 3.8) is 0 Å². The summed E-state index contributed by atoms with van der Waals surface area (Å²) in [5.74, 6) is 1.86. The highest BCUT2D eigenvalue weighted by atomic mass is 16.5. The van der Waals surface area contributed by atoms with Gasteiger partial charge in [0, 0.05) is 18.5 Å². The first-order valence-corrected chi connectivity index (χ1v) is 10.7. The molecule has 0 fully saturated rings. The van der Waals surface area contributed by atoms with Crippen LogP contribution in [0, 0.1) is 6.92 Å². The molecule has 0 atom stereocenters. The van der Waals surface area contributed by atoms with Gasteiger partial charge in [-0.1, -0.05) is 42.5 Å². The van der Waals surface area contributed by atoms with Crippen molar-refractivity contribution in [1.29, 1.82) is 0 Å². The van der Waals surface area contributed by atoms with E-state index in [4.69, 9.17) is 9.72 Å². The van der Waals surface area contributed by atoms with Gasteiger partial charge in [-0.05, 0) is 55.3 Å². The Labute approximate surface area is 182 Å². The summed E-state index contributed by atoms with van der Waals surface area (Å²) in [5, 5.41) is 2.99. The number of benzene rings is 3. The van der Waals surface area contributed by atoms with Crippen LogP contribution >= 0.6 is 0 Å². The zero-order chi connectivity index (χ0) is 21.5. The number of carbonyl (C=O) groups is 1. The quantitative estimate of drug-likeness (QED) is 0.402. The zero-order valence-corrected chi connectivity index (χ0v) is 17.8. The number of imidazole rings is 1. The van der Waals surface area contributed by atoms with Crippen LogP contribution in [0.5, 0.6) is 5.75 Å². The summed E-state index contributed by atoms with van der Waals surface area (Å²) in [6, 6.07) is 25.6. The topological polar surface area (TPSA) is 56.1 Å². The Balaban J connectivity index is 1.37. The monoisotopic (exact) mass is 413 g/mol. The number of amides is 1. The number of para-hydroxylation sites is 2. The highest BCUT2D eigenvalue weighted by Crippen LogP contribution is 2.18. The lowest BCUT2D eigenvalue weighted by Crippen LogP contribution is -2.25. The molecule has 158 valence electrons. The molecule has 1 amide bonds. The number of nitrogens with zero attached hydrogens (tertiary/aromatic N) is 2. The number of hydrogen-bond acceptors (Lipinski definition) is 3. The van der Waals surface area contributed by atoms with Crippen LogP contribution in [0.2, 0.25) is 0 Å². The molecule has 4 aromatic rings. The number of hydrogen-bond donors (Lipinski definition) is 1. The third kappa shape index (κ3) is 5.31. The Kier molecular flexibility index (Phi) is 6.62. The Bertz CT molecular complexity index is 1150. The van der Waals surface area contributed by atoms with E-state index in [9.17, 15) is 4.79 Å². The van der Waals surface area contributed by atoms with E-state index in [0.717, 1.165) is 42.0 Å². The molecule has 0 spiro atoms. The van der Waals surface area contributed by atoms with Crippen LogP contribution in [-0.2, 0) is 13.0 Å². The molecule has 3 aromatic carbocycles. The van der Waals surface area contributed by atoms with E-state index in [0.29, 0.717) is 18.7 Å². The molecule has 0 aliphatic heterocycles. The minimum Gasteiger partial charge on any atom is -0.492 e. The highest BCUT2D eigenvalue weighted by molar-refractivity contribution is 5.94. The largest absolute Gasteiger partial charge is 0.492 e. The van der Waals surface area contributed by atoms with Gasteiger partial charge in [-0.3, -0.25) is 4.79 Å². The van der Waals surface area contributed by atoms with Gasteiger partial charge in [0.15, 0.2) is 0 Å². The second-order valence-electron chi connectivity index (χ2n) is 7.56. The number of nitrogens with one attached hydrogen (secondary N) is 1. The van der Waals surface area contributed by atoms with Gasteiger partial charge in [0.1, 0.15) is 18.2 Å². The van der Waals surface area contributed by atoms with E-state index in [1.165, 1.54) is 5.56 Å². The Morgan fingerprint density at radius 2 is 1.81 bits per heavy atom. The van der Waals surface area contributed by atoms with Crippen LogP contribution in [-0.4, -0.2) is 28.6 Å². The van der Waals surface area contributed by atoms with E-state index >= 15 is 0 Å². The van der Waals surface area contributed by atoms with Crippen molar-refractivity contribution >= 4 is 16.9 Å². The van der Waals surface area contributed by atoms with Crippen molar-refractivity contribution < 1.29 is 9.53 Å². The summed E-state index contributed by atoms with van der Waals surface area (Å²) < 4.78 is 8.19. The van der Waals surface area contributed by atoms with Crippen molar-refractivity contribution in [2.24, 2.45) is 0 Å². The number of carbonyl (C=O) groups excluding carboxylic acids is 1. The van der Waals surface area contributed by atoms with Crippen LogP contribution in [0.4, 0.5) is 0 Å². The Hall–Kier alpha value is -3.60. The van der Waals surface area contributed by atoms with Gasteiger partial charge >= 0.3 is 0 Å². The van der Waals surface area contributed by atoms with Gasteiger partial charge < -0.3 is 14.6 Å². The van der Waals surface area contributed by atoms with E-state index in [2.05, 4.69) is 28.9 Å². The minimum atomic E-state index is -0.0411. The lowest BCUT2D eigenvalue weighted by atomic mass is 10.2. The summed E-state index contributed by atoms with van der Waals surface area (Å²) in [6.45, 7) is 3.96. The second-order valence-corrected chi connectivity index (χ2v) is 7.56. The van der Waals surface area contributed by atoms with E-state index in [1.807, 2.05) is 66.7 Å². The van der Waals surface area contributed by atoms with E-state index in [-0.39, 0.29) is 5.91 Å². The zero-order valence-electron chi connectivity index (χ0n) is 17.8. The molecule has 1 heterocycles. The average Bonchev–Trinajstić information content (AvgIpc) is 3.15. The fourth-order valence-electron chi connectivity index (χ4n) is 3.67. The van der Waals surface area contributed by atoms with Crippen LogP contribution in [0.1, 0.15) is 28.2 Å². The van der Waals surface area contributed by atoms with E-state index < -0.39 is 0 Å². The van der Waals surface area contributed by atoms with Gasteiger partial charge in [0.05, 0.1) is 17.6 Å². The first kappa shape index (κ1) is 20.7. The number of aryl methyl sites for hydroxylation is 2. The molecule has 1 N–H and O–H groups in total. The minimum absolute atomic E-state index is 0.0411. The smallest absolute Gasteiger partial charge is 0.251 e. The molecule has 1 aromatic heterocycles. The standard InChI is InChI=1S/C26H27N3O2/c1-20-9-7-12-22(19-20)31-18-17-29-24-14-6-5-13-23(24)28-25(29)15-8-16-27-26(30)21-10-3-2-4-11-21/h2-7,9-14,19H,8,15-18H2,1H3,(H,27,30). The maximum absolute atomic E-state index is 12.2. The van der Waals surface area contributed by atoms with Crippen LogP contribution in [0.15, 0.2) is 78.9 Å². The van der Waals surface area contributed by atoms with Crippen molar-refractivity contribution in [3.8, 4) is 5.75 Å². The number of fused-ring (bicyclic) bond motifs is 1. The molecule has 4 rings (SSSR count). The lowest BCUT2D eigenvalue weighted by molar-refractivity contribution is 0.0953. The fourth-order valence-corrected chi connectivity index (χ4v) is 3.67. The number of ether oxygens (including phenoxy) is 1. The van der Waals surface area contributed by atoms with Crippen molar-refractivity contribution in [1.82, 2.24) is 14.9 Å². The lowest BCUT2D eigenvalue weighted by Gasteiger charge is -2.11. The van der Waals surface area contributed by atoms with Crippen molar-refractivity contribution in [3.05, 3.63) is 95.8 Å². The van der Waals surface area contributed by atoms with Crippen LogP contribution < -0.4 is 10.1 Å². The van der Waals surface area contributed by atoms with Gasteiger partial charge in [-0.2, -0.15) is 0 Å². The second kappa shape index (κ2) is 9.94. The third-order valence-corrected chi connectivity index (χ3v) is 5.21. The normalized spacial score (nSPS) is 10.9. The third-order valence-electron chi connectivity index (χ3n) is 5.21. The molecule has 5 nitrogen and oxygen atoms in total. The highest BCUT2D eigenvalue weighted by Gasteiger charge is 2.11.